The number of aliphatic carboxylic acids is 1. The Morgan fingerprint density at radius 1 is 1.47 bits per heavy atom. The zero-order chi connectivity index (χ0) is 12.4. The number of para-hydroxylation sites is 1. The second-order valence-electron chi connectivity index (χ2n) is 4.36. The quantitative estimate of drug-likeness (QED) is 0.903. The fourth-order valence-electron chi connectivity index (χ4n) is 1.71. The van der Waals surface area contributed by atoms with Gasteiger partial charge in [0.25, 0.3) is 0 Å². The van der Waals surface area contributed by atoms with Gasteiger partial charge in [0.1, 0.15) is 0 Å². The number of carbonyl (C=O) groups is 1. The third kappa shape index (κ3) is 2.64. The van der Waals surface area contributed by atoms with Gasteiger partial charge in [0, 0.05) is 12.3 Å². The van der Waals surface area contributed by atoms with E-state index in [0.29, 0.717) is 12.3 Å². The molecule has 4 heteroatoms. The Labute approximate surface area is 104 Å². The minimum atomic E-state index is -0.763. The van der Waals surface area contributed by atoms with Crippen molar-refractivity contribution in [1.82, 2.24) is 4.98 Å². The number of thiazole rings is 1. The SMILES string of the molecule is CC(C)c1nc2c(CCC(=O)O)cccc2s1. The summed E-state index contributed by atoms with van der Waals surface area (Å²) in [5, 5.41) is 9.84. The van der Waals surface area contributed by atoms with E-state index < -0.39 is 5.97 Å². The molecule has 0 aliphatic rings. The summed E-state index contributed by atoms with van der Waals surface area (Å²) in [5.74, 6) is -0.346. The smallest absolute Gasteiger partial charge is 0.303 e. The maximum Gasteiger partial charge on any atom is 0.303 e. The van der Waals surface area contributed by atoms with Gasteiger partial charge in [-0.3, -0.25) is 4.79 Å². The summed E-state index contributed by atoms with van der Waals surface area (Å²) in [6, 6.07) is 5.99. The van der Waals surface area contributed by atoms with Crippen molar-refractivity contribution in [3.8, 4) is 0 Å². The molecule has 0 radical (unpaired) electrons. The Balaban J connectivity index is 2.38. The van der Waals surface area contributed by atoms with Crippen LogP contribution < -0.4 is 0 Å². The predicted octanol–water partition coefficient (Wildman–Crippen LogP) is 3.44. The molecule has 0 aliphatic heterocycles. The molecule has 2 aromatic rings. The van der Waals surface area contributed by atoms with E-state index in [1.54, 1.807) is 11.3 Å². The van der Waals surface area contributed by atoms with Crippen LogP contribution in [0.15, 0.2) is 18.2 Å². The van der Waals surface area contributed by atoms with Crippen molar-refractivity contribution in [2.24, 2.45) is 0 Å². The molecule has 3 nitrogen and oxygen atoms in total. The summed E-state index contributed by atoms with van der Waals surface area (Å²) in [7, 11) is 0. The number of hydrogen-bond donors (Lipinski definition) is 1. The molecule has 0 amide bonds. The van der Waals surface area contributed by atoms with Crippen molar-refractivity contribution >= 4 is 27.5 Å². The Morgan fingerprint density at radius 3 is 2.88 bits per heavy atom. The van der Waals surface area contributed by atoms with Crippen molar-refractivity contribution in [2.75, 3.05) is 0 Å². The van der Waals surface area contributed by atoms with Crippen LogP contribution in [-0.2, 0) is 11.2 Å². The highest BCUT2D eigenvalue weighted by Gasteiger charge is 2.11. The molecule has 0 saturated carbocycles. The number of aromatic nitrogens is 1. The van der Waals surface area contributed by atoms with E-state index in [2.05, 4.69) is 18.8 Å². The largest absolute Gasteiger partial charge is 0.481 e. The van der Waals surface area contributed by atoms with Gasteiger partial charge in [-0.25, -0.2) is 4.98 Å². The van der Waals surface area contributed by atoms with Gasteiger partial charge in [0.2, 0.25) is 0 Å². The topological polar surface area (TPSA) is 50.2 Å². The molecule has 1 aromatic carbocycles. The number of benzene rings is 1. The number of carboxylic acid groups (broad SMARTS) is 1. The second-order valence-corrected chi connectivity index (χ2v) is 5.43. The third-order valence-electron chi connectivity index (χ3n) is 2.62. The zero-order valence-electron chi connectivity index (χ0n) is 9.93. The Kier molecular flexibility index (Phi) is 3.43. The first kappa shape index (κ1) is 12.0. The lowest BCUT2D eigenvalue weighted by molar-refractivity contribution is -0.136. The number of carboxylic acids is 1. The highest BCUT2D eigenvalue weighted by atomic mass is 32.1. The summed E-state index contributed by atoms with van der Waals surface area (Å²) in [6.45, 7) is 4.24. The van der Waals surface area contributed by atoms with E-state index in [1.165, 1.54) is 0 Å². The van der Waals surface area contributed by atoms with E-state index in [4.69, 9.17) is 5.11 Å². The van der Waals surface area contributed by atoms with Crippen LogP contribution in [0.25, 0.3) is 10.2 Å². The molecule has 1 heterocycles. The zero-order valence-corrected chi connectivity index (χ0v) is 10.8. The van der Waals surface area contributed by atoms with Crippen molar-refractivity contribution in [2.45, 2.75) is 32.6 Å². The average Bonchev–Trinajstić information content (AvgIpc) is 2.70. The lowest BCUT2D eigenvalue weighted by Gasteiger charge is -1.99. The van der Waals surface area contributed by atoms with Crippen LogP contribution in [0, 0.1) is 0 Å². The fourth-order valence-corrected chi connectivity index (χ4v) is 2.73. The Bertz CT molecular complexity index is 545. The number of hydrogen-bond acceptors (Lipinski definition) is 3. The van der Waals surface area contributed by atoms with Crippen LogP contribution in [0.1, 0.15) is 36.8 Å². The van der Waals surface area contributed by atoms with Crippen molar-refractivity contribution < 1.29 is 9.90 Å². The van der Waals surface area contributed by atoms with Crippen molar-refractivity contribution in [3.63, 3.8) is 0 Å². The monoisotopic (exact) mass is 249 g/mol. The molecule has 0 atom stereocenters. The van der Waals surface area contributed by atoms with Gasteiger partial charge in [0.15, 0.2) is 0 Å². The molecule has 0 aliphatic carbocycles. The number of rotatable bonds is 4. The first-order valence-electron chi connectivity index (χ1n) is 5.68. The number of aryl methyl sites for hydroxylation is 1. The summed E-state index contributed by atoms with van der Waals surface area (Å²) >= 11 is 1.70. The van der Waals surface area contributed by atoms with Crippen LogP contribution in [0.2, 0.25) is 0 Å². The lowest BCUT2D eigenvalue weighted by atomic mass is 10.1. The van der Waals surface area contributed by atoms with Gasteiger partial charge < -0.3 is 5.11 Å². The molecular weight excluding hydrogens is 234 g/mol. The van der Waals surface area contributed by atoms with Gasteiger partial charge in [0.05, 0.1) is 15.2 Å². The van der Waals surface area contributed by atoms with Gasteiger partial charge >= 0.3 is 5.97 Å². The summed E-state index contributed by atoms with van der Waals surface area (Å²) in [4.78, 5) is 15.2. The predicted molar refractivity (Wildman–Crippen MR) is 69.7 cm³/mol. The molecule has 0 bridgehead atoms. The summed E-state index contributed by atoms with van der Waals surface area (Å²) in [6.07, 6.45) is 0.710. The first-order valence-corrected chi connectivity index (χ1v) is 6.49. The van der Waals surface area contributed by atoms with Gasteiger partial charge in [-0.15, -0.1) is 11.3 Å². The third-order valence-corrected chi connectivity index (χ3v) is 3.94. The molecule has 1 N–H and O–H groups in total. The molecule has 90 valence electrons. The van der Waals surface area contributed by atoms with Crippen LogP contribution in [0.4, 0.5) is 0 Å². The highest BCUT2D eigenvalue weighted by molar-refractivity contribution is 7.18. The van der Waals surface area contributed by atoms with Gasteiger partial charge in [-0.2, -0.15) is 0 Å². The minimum absolute atomic E-state index is 0.160. The maximum atomic E-state index is 10.6. The van der Waals surface area contributed by atoms with E-state index >= 15 is 0 Å². The first-order chi connectivity index (χ1) is 8.08. The average molecular weight is 249 g/mol. The van der Waals surface area contributed by atoms with E-state index in [0.717, 1.165) is 20.8 Å². The van der Waals surface area contributed by atoms with Crippen LogP contribution >= 0.6 is 11.3 Å². The fraction of sp³-hybridized carbons (Fsp3) is 0.385. The molecule has 0 spiro atoms. The van der Waals surface area contributed by atoms with Crippen LogP contribution in [0.3, 0.4) is 0 Å². The molecule has 1 aromatic heterocycles. The Morgan fingerprint density at radius 2 is 2.24 bits per heavy atom. The standard InChI is InChI=1S/C13H15NO2S/c1-8(2)13-14-12-9(6-7-11(15)16)4-3-5-10(12)17-13/h3-5,8H,6-7H2,1-2H3,(H,15,16). The molecule has 0 unspecified atom stereocenters. The summed E-state index contributed by atoms with van der Waals surface area (Å²) < 4.78 is 1.15. The van der Waals surface area contributed by atoms with Crippen LogP contribution in [0.5, 0.6) is 0 Å². The summed E-state index contributed by atoms with van der Waals surface area (Å²) in [5.41, 5.74) is 2.01. The van der Waals surface area contributed by atoms with Crippen molar-refractivity contribution in [3.05, 3.63) is 28.8 Å². The normalized spacial score (nSPS) is 11.2. The van der Waals surface area contributed by atoms with Gasteiger partial charge in [-0.05, 0) is 18.1 Å². The minimum Gasteiger partial charge on any atom is -0.481 e. The van der Waals surface area contributed by atoms with E-state index in [-0.39, 0.29) is 6.42 Å². The molecule has 0 fully saturated rings. The molecule has 2 rings (SSSR count). The number of nitrogens with zero attached hydrogens (tertiary/aromatic N) is 1. The van der Waals surface area contributed by atoms with Gasteiger partial charge in [-0.1, -0.05) is 26.0 Å². The van der Waals surface area contributed by atoms with E-state index in [9.17, 15) is 4.79 Å². The molecule has 17 heavy (non-hydrogen) atoms. The van der Waals surface area contributed by atoms with E-state index in [1.807, 2.05) is 18.2 Å². The lowest BCUT2D eigenvalue weighted by Crippen LogP contribution is -1.98. The highest BCUT2D eigenvalue weighted by Crippen LogP contribution is 2.29. The van der Waals surface area contributed by atoms with Crippen LogP contribution in [-0.4, -0.2) is 16.1 Å². The molecule has 0 saturated heterocycles. The Hall–Kier alpha value is -1.42. The second kappa shape index (κ2) is 4.84. The van der Waals surface area contributed by atoms with Crippen molar-refractivity contribution in [1.29, 1.82) is 0 Å². The molecular formula is C13H15NO2S. The number of fused-ring (bicyclic) bond motifs is 1. The maximum absolute atomic E-state index is 10.6.